The quantitative estimate of drug-likeness (QED) is 0.376. The zero-order chi connectivity index (χ0) is 22.8. The average molecular weight is 435 g/mol. The first-order valence-electron chi connectivity index (χ1n) is 11.0. The molecule has 2 atom stereocenters. The maximum absolute atomic E-state index is 11.9. The number of fused-ring (bicyclic) bond motifs is 1. The Kier molecular flexibility index (Phi) is 6.23. The molecule has 4 rings (SSSR count). The minimum atomic E-state index is -0.0880. The first-order chi connectivity index (χ1) is 15.5. The number of carbonyl (C=O) groups excluding carboxylic acids is 1. The van der Waals surface area contributed by atoms with E-state index in [0.717, 1.165) is 47.7 Å². The molecule has 0 saturated carbocycles. The van der Waals surface area contributed by atoms with Crippen LogP contribution in [-0.2, 0) is 24.2 Å². The summed E-state index contributed by atoms with van der Waals surface area (Å²) in [6.45, 7) is 8.43. The topological polar surface area (TPSA) is 119 Å². The van der Waals surface area contributed by atoms with E-state index in [1.807, 2.05) is 11.0 Å². The lowest BCUT2D eigenvalue weighted by molar-refractivity contribution is -0.126. The van der Waals surface area contributed by atoms with Crippen molar-refractivity contribution in [3.63, 3.8) is 0 Å². The molecule has 0 radical (unpaired) electrons. The van der Waals surface area contributed by atoms with Crippen molar-refractivity contribution in [3.05, 3.63) is 59.1 Å². The summed E-state index contributed by atoms with van der Waals surface area (Å²) in [6.07, 6.45) is 5.79. The van der Waals surface area contributed by atoms with E-state index in [0.29, 0.717) is 30.8 Å². The van der Waals surface area contributed by atoms with Gasteiger partial charge >= 0.3 is 0 Å². The Balaban J connectivity index is 1.64. The summed E-state index contributed by atoms with van der Waals surface area (Å²) in [5, 5.41) is 17.9. The van der Waals surface area contributed by atoms with E-state index in [9.17, 15) is 9.90 Å². The van der Waals surface area contributed by atoms with Crippen molar-refractivity contribution in [1.29, 1.82) is 5.41 Å². The predicted molar refractivity (Wildman–Crippen MR) is 125 cm³/mol. The summed E-state index contributed by atoms with van der Waals surface area (Å²) in [5.74, 6) is 1.29. The fourth-order valence-electron chi connectivity index (χ4n) is 5.06. The van der Waals surface area contributed by atoms with Gasteiger partial charge in [-0.2, -0.15) is 0 Å². The molecule has 8 heteroatoms. The highest BCUT2D eigenvalue weighted by molar-refractivity contribution is 5.88. The van der Waals surface area contributed by atoms with Gasteiger partial charge in [-0.15, -0.1) is 0 Å². The number of benzene rings is 1. The number of rotatable bonds is 5. The number of hydrogen-bond acceptors (Lipinski definition) is 7. The molecule has 2 aromatic rings. The van der Waals surface area contributed by atoms with Gasteiger partial charge in [0, 0.05) is 54.9 Å². The van der Waals surface area contributed by atoms with Crippen molar-refractivity contribution >= 4 is 23.6 Å². The lowest BCUT2D eigenvalue weighted by atomic mass is 9.72. The highest BCUT2D eigenvalue weighted by Crippen LogP contribution is 2.42. The van der Waals surface area contributed by atoms with Crippen LogP contribution in [0.25, 0.3) is 0 Å². The van der Waals surface area contributed by atoms with Gasteiger partial charge in [-0.3, -0.25) is 4.79 Å². The van der Waals surface area contributed by atoms with E-state index < -0.39 is 0 Å². The van der Waals surface area contributed by atoms with Gasteiger partial charge in [0.15, 0.2) is 0 Å². The van der Waals surface area contributed by atoms with Crippen molar-refractivity contribution in [1.82, 2.24) is 14.9 Å². The van der Waals surface area contributed by atoms with E-state index in [-0.39, 0.29) is 24.3 Å². The molecule has 168 valence electrons. The lowest BCUT2D eigenvalue weighted by Gasteiger charge is -2.38. The van der Waals surface area contributed by atoms with Crippen molar-refractivity contribution in [2.75, 3.05) is 36.8 Å². The number of nitrogens with zero attached hydrogens (tertiary/aromatic N) is 4. The van der Waals surface area contributed by atoms with Crippen LogP contribution in [0.4, 0.5) is 11.5 Å². The van der Waals surface area contributed by atoms with Crippen LogP contribution in [-0.4, -0.2) is 58.3 Å². The van der Waals surface area contributed by atoms with Crippen molar-refractivity contribution in [2.24, 2.45) is 5.92 Å². The Hall–Kier alpha value is -3.26. The summed E-state index contributed by atoms with van der Waals surface area (Å²) >= 11 is 0. The second kappa shape index (κ2) is 9.08. The number of hydrogen-bond donors (Lipinski definition) is 3. The zero-order valence-electron chi connectivity index (χ0n) is 18.4. The summed E-state index contributed by atoms with van der Waals surface area (Å²) in [7, 11) is 0. The smallest absolute Gasteiger partial charge is 0.246 e. The fraction of sp³-hybridized carbons (Fsp3) is 0.417. The van der Waals surface area contributed by atoms with Crippen LogP contribution in [0.15, 0.2) is 31.1 Å². The van der Waals surface area contributed by atoms with Gasteiger partial charge in [0.25, 0.3) is 0 Å². The second-order valence-electron chi connectivity index (χ2n) is 8.57. The number of nitrogens with two attached hydrogens (primary N) is 1. The number of aliphatic hydroxyl groups excluding tert-OH is 1. The van der Waals surface area contributed by atoms with E-state index in [1.165, 1.54) is 12.3 Å². The molecule has 1 fully saturated rings. The van der Waals surface area contributed by atoms with E-state index in [2.05, 4.69) is 28.4 Å². The fourth-order valence-corrected chi connectivity index (χ4v) is 5.06. The number of carbonyl (C=O) groups is 1. The number of anilines is 2. The molecule has 0 unspecified atom stereocenters. The number of nitrogens with one attached hydrogen (secondary N) is 1. The Morgan fingerprint density at radius 3 is 2.69 bits per heavy atom. The van der Waals surface area contributed by atoms with Crippen LogP contribution in [0.5, 0.6) is 0 Å². The normalized spacial score (nSPS) is 20.6. The van der Waals surface area contributed by atoms with Gasteiger partial charge in [-0.25, -0.2) is 9.97 Å². The number of piperazine rings is 1. The zero-order valence-corrected chi connectivity index (χ0v) is 18.4. The summed E-state index contributed by atoms with van der Waals surface area (Å²) in [5.41, 5.74) is 11.3. The van der Waals surface area contributed by atoms with Crippen LogP contribution in [0, 0.1) is 11.3 Å². The molecule has 1 aromatic carbocycles. The number of aromatic nitrogens is 2. The molecule has 1 saturated heterocycles. The van der Waals surface area contributed by atoms with Crippen LogP contribution in [0.3, 0.4) is 0 Å². The van der Waals surface area contributed by atoms with Gasteiger partial charge in [0.05, 0.1) is 6.61 Å². The summed E-state index contributed by atoms with van der Waals surface area (Å²) < 4.78 is 0. The Labute approximate surface area is 188 Å². The molecule has 8 nitrogen and oxygen atoms in total. The highest BCUT2D eigenvalue weighted by Gasteiger charge is 2.34. The van der Waals surface area contributed by atoms with Crippen LogP contribution >= 0.6 is 0 Å². The first kappa shape index (κ1) is 22.0. The van der Waals surface area contributed by atoms with Crippen LogP contribution < -0.4 is 10.6 Å². The third kappa shape index (κ3) is 3.86. The van der Waals surface area contributed by atoms with Crippen LogP contribution in [0.2, 0.25) is 0 Å². The van der Waals surface area contributed by atoms with Crippen LogP contribution in [0.1, 0.15) is 40.8 Å². The lowest BCUT2D eigenvalue weighted by Crippen LogP contribution is -2.49. The largest absolute Gasteiger partial charge is 0.398 e. The van der Waals surface area contributed by atoms with Gasteiger partial charge in [0.2, 0.25) is 5.91 Å². The maximum Gasteiger partial charge on any atom is 0.246 e. The average Bonchev–Trinajstić information content (AvgIpc) is 2.82. The minimum absolute atomic E-state index is 0.0327. The van der Waals surface area contributed by atoms with E-state index in [1.54, 1.807) is 12.4 Å². The Morgan fingerprint density at radius 1 is 1.28 bits per heavy atom. The Bertz CT molecular complexity index is 1050. The molecule has 32 heavy (non-hydrogen) atoms. The van der Waals surface area contributed by atoms with E-state index >= 15 is 0 Å². The third-order valence-corrected chi connectivity index (χ3v) is 6.80. The number of nitrogen functional groups attached to an aromatic ring is 1. The first-order valence-corrected chi connectivity index (χ1v) is 11.0. The van der Waals surface area contributed by atoms with Crippen molar-refractivity contribution in [2.45, 2.75) is 32.3 Å². The summed E-state index contributed by atoms with van der Waals surface area (Å²) in [6, 6.07) is 3.61. The molecule has 2 aliphatic rings. The maximum atomic E-state index is 11.9. The second-order valence-corrected chi connectivity index (χ2v) is 8.57. The third-order valence-electron chi connectivity index (χ3n) is 6.80. The predicted octanol–water partition coefficient (Wildman–Crippen LogP) is 1.90. The van der Waals surface area contributed by atoms with Crippen molar-refractivity contribution < 1.29 is 9.90 Å². The molecule has 2 heterocycles. The molecule has 1 aliphatic heterocycles. The molecule has 0 bridgehead atoms. The van der Waals surface area contributed by atoms with Gasteiger partial charge in [-0.1, -0.05) is 19.6 Å². The highest BCUT2D eigenvalue weighted by atomic mass is 16.3. The van der Waals surface area contributed by atoms with Gasteiger partial charge in [-0.05, 0) is 47.9 Å². The minimum Gasteiger partial charge on any atom is -0.398 e. The molecular weight excluding hydrogens is 404 g/mol. The molecule has 1 amide bonds. The SMILES string of the molecule is C=CC(=O)N1CCN(c2ncnc3c2C[C@@H](C)[C@H](c2c(CO)ccc(N)c2C=N)C3)CC1. The van der Waals surface area contributed by atoms with Gasteiger partial charge in [0.1, 0.15) is 12.1 Å². The molecule has 1 aromatic heterocycles. The van der Waals surface area contributed by atoms with Gasteiger partial charge < -0.3 is 26.0 Å². The standard InChI is InChI=1S/C24H30N6O2/c1-3-22(32)29-6-8-30(9-7-29)24-18-10-15(2)17(11-21(18)27-14-28-24)23-16(13-31)4-5-20(26)19(23)12-25/h3-5,12,14-15,17,25,31H,1,6-11,13,26H2,2H3/t15-,17-/m1/s1. The van der Waals surface area contributed by atoms with Crippen molar-refractivity contribution in [3.8, 4) is 0 Å². The Morgan fingerprint density at radius 2 is 2.03 bits per heavy atom. The summed E-state index contributed by atoms with van der Waals surface area (Å²) in [4.78, 5) is 25.2. The molecule has 4 N–H and O–H groups in total. The monoisotopic (exact) mass is 434 g/mol. The molecule has 1 aliphatic carbocycles. The number of aliphatic hydroxyl groups is 1. The molecular formula is C24H30N6O2. The number of amides is 1. The molecule has 0 spiro atoms. The van der Waals surface area contributed by atoms with E-state index in [4.69, 9.17) is 11.1 Å².